The average molecular weight is 285 g/mol. The van der Waals surface area contributed by atoms with Gasteiger partial charge in [-0.3, -0.25) is 0 Å². The number of carbonyl (C=O) groups is 1. The van der Waals surface area contributed by atoms with E-state index in [2.05, 4.69) is 5.32 Å². The van der Waals surface area contributed by atoms with E-state index in [4.69, 9.17) is 11.6 Å². The fraction of sp³-hybridized carbons (Fsp3) is 0.500. The van der Waals surface area contributed by atoms with E-state index in [9.17, 15) is 9.18 Å². The first-order valence-electron chi connectivity index (χ1n) is 6.53. The van der Waals surface area contributed by atoms with Crippen LogP contribution in [0.1, 0.15) is 33.1 Å². The van der Waals surface area contributed by atoms with Crippen LogP contribution in [0.25, 0.3) is 0 Å². The molecule has 5 heteroatoms. The van der Waals surface area contributed by atoms with E-state index in [0.29, 0.717) is 5.69 Å². The van der Waals surface area contributed by atoms with Crippen molar-refractivity contribution in [3.63, 3.8) is 0 Å². The Morgan fingerprint density at radius 1 is 1.37 bits per heavy atom. The summed E-state index contributed by atoms with van der Waals surface area (Å²) in [4.78, 5) is 14.1. The van der Waals surface area contributed by atoms with Gasteiger partial charge in [-0.1, -0.05) is 11.6 Å². The summed E-state index contributed by atoms with van der Waals surface area (Å²) >= 11 is 5.70. The number of amides is 2. The Morgan fingerprint density at radius 2 is 2.00 bits per heavy atom. The second-order valence-electron chi connectivity index (χ2n) is 5.10. The minimum atomic E-state index is -0.487. The maximum Gasteiger partial charge on any atom is 0.322 e. The zero-order valence-electron chi connectivity index (χ0n) is 11.1. The first kappa shape index (κ1) is 14.1. The highest BCUT2D eigenvalue weighted by atomic mass is 35.5. The Hall–Kier alpha value is -1.29. The molecule has 1 N–H and O–H groups in total. The predicted octanol–water partition coefficient (Wildman–Crippen LogP) is 4.27. The molecule has 0 spiro atoms. The van der Waals surface area contributed by atoms with Crippen LogP contribution in [0.15, 0.2) is 18.2 Å². The van der Waals surface area contributed by atoms with Gasteiger partial charge in [0, 0.05) is 17.8 Å². The molecule has 3 nitrogen and oxygen atoms in total. The number of halogens is 2. The van der Waals surface area contributed by atoms with Gasteiger partial charge < -0.3 is 10.2 Å². The normalized spacial score (nSPS) is 23.3. The van der Waals surface area contributed by atoms with Gasteiger partial charge in [-0.25, -0.2) is 9.18 Å². The molecule has 1 aliphatic heterocycles. The van der Waals surface area contributed by atoms with Gasteiger partial charge in [0.2, 0.25) is 0 Å². The van der Waals surface area contributed by atoms with E-state index in [0.717, 1.165) is 19.3 Å². The van der Waals surface area contributed by atoms with Gasteiger partial charge in [0.05, 0.1) is 5.02 Å². The molecule has 1 saturated heterocycles. The third-order valence-corrected chi connectivity index (χ3v) is 3.89. The van der Waals surface area contributed by atoms with Crippen molar-refractivity contribution in [3.8, 4) is 0 Å². The number of nitrogens with one attached hydrogen (secondary N) is 1. The van der Waals surface area contributed by atoms with Gasteiger partial charge in [-0.2, -0.15) is 0 Å². The van der Waals surface area contributed by atoms with Crippen molar-refractivity contribution in [3.05, 3.63) is 29.0 Å². The first-order chi connectivity index (χ1) is 8.99. The van der Waals surface area contributed by atoms with Crippen LogP contribution in [0.2, 0.25) is 5.02 Å². The van der Waals surface area contributed by atoms with Crippen molar-refractivity contribution in [2.45, 2.75) is 45.2 Å². The molecule has 1 aromatic carbocycles. The van der Waals surface area contributed by atoms with Gasteiger partial charge in [0.15, 0.2) is 0 Å². The van der Waals surface area contributed by atoms with Crippen LogP contribution in [0, 0.1) is 5.82 Å². The molecular formula is C14H18ClFN2O. The van der Waals surface area contributed by atoms with Gasteiger partial charge >= 0.3 is 6.03 Å². The van der Waals surface area contributed by atoms with Crippen LogP contribution >= 0.6 is 11.6 Å². The van der Waals surface area contributed by atoms with E-state index in [1.807, 2.05) is 18.7 Å². The van der Waals surface area contributed by atoms with Gasteiger partial charge in [-0.05, 0) is 51.3 Å². The number of hydrogen-bond acceptors (Lipinski definition) is 1. The highest BCUT2D eigenvalue weighted by Crippen LogP contribution is 2.24. The molecule has 1 aliphatic rings. The number of anilines is 1. The lowest BCUT2D eigenvalue weighted by molar-refractivity contribution is 0.133. The van der Waals surface area contributed by atoms with Crippen LogP contribution in [-0.2, 0) is 0 Å². The van der Waals surface area contributed by atoms with E-state index >= 15 is 0 Å². The van der Waals surface area contributed by atoms with Crippen molar-refractivity contribution in [2.75, 3.05) is 5.32 Å². The highest BCUT2D eigenvalue weighted by molar-refractivity contribution is 6.31. The summed E-state index contributed by atoms with van der Waals surface area (Å²) < 4.78 is 13.1. The Balaban J connectivity index is 2.09. The van der Waals surface area contributed by atoms with Crippen LogP contribution < -0.4 is 5.32 Å². The number of nitrogens with zero attached hydrogens (tertiary/aromatic N) is 1. The lowest BCUT2D eigenvalue weighted by atomic mass is 9.98. The molecule has 0 bridgehead atoms. The first-order valence-corrected chi connectivity index (χ1v) is 6.91. The second kappa shape index (κ2) is 5.78. The molecule has 0 unspecified atom stereocenters. The molecular weight excluding hydrogens is 267 g/mol. The van der Waals surface area contributed by atoms with Crippen molar-refractivity contribution >= 4 is 23.3 Å². The third-order valence-electron chi connectivity index (χ3n) is 3.60. The number of urea groups is 1. The van der Waals surface area contributed by atoms with Gasteiger partial charge in [0.1, 0.15) is 5.82 Å². The Bertz CT molecular complexity index is 471. The number of benzene rings is 1. The molecule has 1 fully saturated rings. The molecule has 19 heavy (non-hydrogen) atoms. The van der Waals surface area contributed by atoms with Gasteiger partial charge in [-0.15, -0.1) is 0 Å². The van der Waals surface area contributed by atoms with Crippen molar-refractivity contribution in [1.82, 2.24) is 4.90 Å². The van der Waals surface area contributed by atoms with E-state index in [1.54, 1.807) is 0 Å². The minimum absolute atomic E-state index is 0.0116. The van der Waals surface area contributed by atoms with Crippen LogP contribution in [0.3, 0.4) is 0 Å². The number of hydrogen-bond donors (Lipinski definition) is 1. The predicted molar refractivity (Wildman–Crippen MR) is 75.0 cm³/mol. The number of likely N-dealkylation sites (tertiary alicyclic amines) is 1. The fourth-order valence-electron chi connectivity index (χ4n) is 2.58. The molecule has 0 aromatic heterocycles. The molecule has 0 aliphatic carbocycles. The smallest absolute Gasteiger partial charge is 0.319 e. The molecule has 104 valence electrons. The standard InChI is InChI=1S/C14H18ClFN2O/c1-9-4-3-5-10(2)18(9)14(19)17-11-6-7-13(16)12(15)8-11/h6-10H,3-5H2,1-2H3,(H,17,19)/t9-,10-/m1/s1. The fourth-order valence-corrected chi connectivity index (χ4v) is 2.76. The maximum atomic E-state index is 13.1. The number of carbonyl (C=O) groups excluding carboxylic acids is 1. The van der Waals surface area contributed by atoms with E-state index < -0.39 is 5.82 Å². The zero-order valence-corrected chi connectivity index (χ0v) is 11.9. The average Bonchev–Trinajstić information content (AvgIpc) is 2.33. The molecule has 0 radical (unpaired) electrons. The van der Waals surface area contributed by atoms with Crippen molar-refractivity contribution in [1.29, 1.82) is 0 Å². The topological polar surface area (TPSA) is 32.3 Å². The minimum Gasteiger partial charge on any atom is -0.319 e. The summed E-state index contributed by atoms with van der Waals surface area (Å²) in [7, 11) is 0. The van der Waals surface area contributed by atoms with E-state index in [-0.39, 0.29) is 23.1 Å². The largest absolute Gasteiger partial charge is 0.322 e. The van der Waals surface area contributed by atoms with Crippen LogP contribution in [0.4, 0.5) is 14.9 Å². The zero-order chi connectivity index (χ0) is 14.0. The van der Waals surface area contributed by atoms with Crippen molar-refractivity contribution in [2.24, 2.45) is 0 Å². The quantitative estimate of drug-likeness (QED) is 0.820. The lowest BCUT2D eigenvalue weighted by Gasteiger charge is -2.38. The molecule has 2 atom stereocenters. The summed E-state index contributed by atoms with van der Waals surface area (Å²) in [5, 5.41) is 2.79. The number of piperidine rings is 1. The maximum absolute atomic E-state index is 13.1. The summed E-state index contributed by atoms with van der Waals surface area (Å²) in [5.74, 6) is -0.487. The molecule has 1 aromatic rings. The summed E-state index contributed by atoms with van der Waals surface area (Å²) in [6.45, 7) is 4.10. The van der Waals surface area contributed by atoms with Crippen LogP contribution in [-0.4, -0.2) is 23.0 Å². The van der Waals surface area contributed by atoms with Crippen molar-refractivity contribution < 1.29 is 9.18 Å². The monoisotopic (exact) mass is 284 g/mol. The molecule has 2 amide bonds. The molecule has 1 heterocycles. The Labute approximate surface area is 117 Å². The lowest BCUT2D eigenvalue weighted by Crippen LogP contribution is -2.49. The van der Waals surface area contributed by atoms with Gasteiger partial charge in [0.25, 0.3) is 0 Å². The third kappa shape index (κ3) is 3.18. The van der Waals surface area contributed by atoms with Crippen LogP contribution in [0.5, 0.6) is 0 Å². The number of rotatable bonds is 1. The molecule has 2 rings (SSSR count). The SMILES string of the molecule is C[C@@H]1CCC[C@@H](C)N1C(=O)Nc1ccc(F)c(Cl)c1. The summed E-state index contributed by atoms with van der Waals surface area (Å²) in [6, 6.07) is 4.48. The second-order valence-corrected chi connectivity index (χ2v) is 5.50. The molecule has 0 saturated carbocycles. The van der Waals surface area contributed by atoms with E-state index in [1.165, 1.54) is 18.2 Å². The summed E-state index contributed by atoms with van der Waals surface area (Å²) in [6.07, 6.45) is 3.18. The highest BCUT2D eigenvalue weighted by Gasteiger charge is 2.28. The Kier molecular flexibility index (Phi) is 4.30. The Morgan fingerprint density at radius 3 is 2.58 bits per heavy atom. The summed E-state index contributed by atoms with van der Waals surface area (Å²) in [5.41, 5.74) is 0.515.